The van der Waals surface area contributed by atoms with Crippen LogP contribution in [0.15, 0.2) is 394 Å². The Labute approximate surface area is 751 Å². The van der Waals surface area contributed by atoms with Crippen LogP contribution in [-0.4, -0.2) is 61.9 Å². The Morgan fingerprint density at radius 3 is 1.27 bits per heavy atom. The molecular weight excluding hydrogens is 1600 g/mol. The molecule has 0 bridgehead atoms. The molecule has 9 aromatic heterocycles. The summed E-state index contributed by atoms with van der Waals surface area (Å²) in [5.41, 5.74) is 26.1. The second-order valence-corrected chi connectivity index (χ2v) is 34.7. The second kappa shape index (κ2) is 29.2. The first-order chi connectivity index (χ1) is 64.9. The first-order valence-electron chi connectivity index (χ1n) is 45.1. The molecule has 0 radical (unpaired) electrons. The average molecular weight is 1680 g/mol. The van der Waals surface area contributed by atoms with Gasteiger partial charge >= 0.3 is 0 Å². The van der Waals surface area contributed by atoms with Gasteiger partial charge in [0.1, 0.15) is 5.82 Å². The normalized spacial score (nSPS) is 13.3. The first kappa shape index (κ1) is 74.1. The van der Waals surface area contributed by atoms with Crippen molar-refractivity contribution in [1.82, 2.24) is 61.9 Å². The highest BCUT2D eigenvalue weighted by Crippen LogP contribution is 2.47. The highest BCUT2D eigenvalue weighted by Gasteiger charge is 2.30. The molecule has 27 rings (SSSR count). The summed E-state index contributed by atoms with van der Waals surface area (Å²) < 4.78 is 16.7. The Kier molecular flexibility index (Phi) is 16.5. The third-order valence-corrected chi connectivity index (χ3v) is 27.6. The fourth-order valence-corrected chi connectivity index (χ4v) is 21.5. The molecule has 9 heterocycles. The van der Waals surface area contributed by atoms with Crippen LogP contribution in [0, 0.1) is 0 Å². The molecular formula is C118H79N13. The van der Waals surface area contributed by atoms with Crippen molar-refractivity contribution in [2.45, 2.75) is 38.5 Å². The molecule has 616 valence electrons. The van der Waals surface area contributed by atoms with Crippen LogP contribution in [0.3, 0.4) is 0 Å². The van der Waals surface area contributed by atoms with E-state index in [4.69, 9.17) is 29.9 Å². The Morgan fingerprint density at radius 1 is 0.275 bits per heavy atom. The zero-order chi connectivity index (χ0) is 86.2. The van der Waals surface area contributed by atoms with Crippen LogP contribution in [-0.2, 0) is 6.42 Å². The van der Waals surface area contributed by atoms with Crippen LogP contribution in [0.2, 0.25) is 0 Å². The molecule has 1 aliphatic rings. The fraction of sp³-hybridized carbons (Fsp3) is 0.0508. The maximum absolute atomic E-state index is 5.74. The number of benzene rings is 17. The van der Waals surface area contributed by atoms with Gasteiger partial charge in [0.25, 0.3) is 0 Å². The molecule has 0 N–H and O–H groups in total. The van der Waals surface area contributed by atoms with Gasteiger partial charge in [0.05, 0.1) is 77.4 Å². The Balaban J connectivity index is 0.563. The maximum atomic E-state index is 5.74. The summed E-state index contributed by atoms with van der Waals surface area (Å²) >= 11 is 0. The standard InChI is InChI=1S/C118H79N13/c1-3-73-50-52-76(53-51-73)113-119-114(122-117(121-113)130-102-47-26-19-40-91(102)111-107(130)67-64-89-84-34-13-22-43-98(84)128(112(89)111)82-32-11-6-12-33-82)77-56-54-74(55-57-77)72(2)75-58-62-83(63-59-75)127-101-46-25-18-39-90(101)110-105(127)48-27-49-106(110)129-99-44-23-16-37-87(99)94-71-109-95(70-108(94)129)88-38-17-24-45-100(88)131(109)118-123-115(78-60-65-103-92(68-78)85-35-14-20-41-96(85)125(103)80-28-7-4-8-29-80)120-116(124-118)79-61-66-104-93(69-79)86-36-15-21-42-97(86)126(104)81-30-9-5-10-31-81/h4-60,62-72,79H,3,61H2,1-2H3. The van der Waals surface area contributed by atoms with Crippen molar-refractivity contribution >= 4 is 154 Å². The molecule has 13 heteroatoms. The Bertz CT molecular complexity index is 9370. The molecule has 2 atom stereocenters. The van der Waals surface area contributed by atoms with Gasteiger partial charge in [0.2, 0.25) is 11.9 Å². The third-order valence-electron chi connectivity index (χ3n) is 27.6. The largest absolute Gasteiger partial charge is 0.310 e. The van der Waals surface area contributed by atoms with Crippen LogP contribution in [0.25, 0.3) is 228 Å². The first-order valence-corrected chi connectivity index (χ1v) is 45.1. The molecule has 0 spiro atoms. The highest BCUT2D eigenvalue weighted by molar-refractivity contribution is 6.27. The number of aryl methyl sites for hydroxylation is 1. The van der Waals surface area contributed by atoms with Gasteiger partial charge in [-0.3, -0.25) is 9.13 Å². The smallest absolute Gasteiger partial charge is 0.238 e. The summed E-state index contributed by atoms with van der Waals surface area (Å²) in [4.78, 5) is 33.3. The Morgan fingerprint density at radius 2 is 0.672 bits per heavy atom. The topological polar surface area (TPSA) is 112 Å². The molecule has 131 heavy (non-hydrogen) atoms. The summed E-state index contributed by atoms with van der Waals surface area (Å²) in [6, 6.07) is 143. The zero-order valence-corrected chi connectivity index (χ0v) is 71.6. The summed E-state index contributed by atoms with van der Waals surface area (Å²) in [7, 11) is 0. The molecule has 0 fully saturated rings. The SMILES string of the molecule is CCc1ccc(-c2nc(-c3ccc(C(C)c4ccc(-n5c6ccccc6c6c(-n7c8ccccc8c8cc9c(cc87)c7ccccc7n9-c7nc(-c8ccc9c(c8)c8ccccc8n9-c8ccccc8)nc(C8C=c9c(n(-c%10ccccc%10)c%10ccccc9%10)=CC8)n7)cccc65)cc4)cc3)nc(-n3c4ccccc4c4c3ccc3c5ccccc5n(-c5ccccc5)c34)n2)cc1. The summed E-state index contributed by atoms with van der Waals surface area (Å²) in [6.45, 7) is 4.48. The minimum Gasteiger partial charge on any atom is -0.310 e. The number of nitrogens with zero attached hydrogens (tertiary/aromatic N) is 13. The number of fused-ring (bicyclic) bond motifs is 22. The molecule has 0 saturated heterocycles. The van der Waals surface area contributed by atoms with E-state index >= 15 is 0 Å². The van der Waals surface area contributed by atoms with Crippen molar-refractivity contribution < 1.29 is 0 Å². The van der Waals surface area contributed by atoms with Crippen LogP contribution >= 0.6 is 0 Å². The number of aromatic nitrogens is 13. The van der Waals surface area contributed by atoms with Crippen molar-refractivity contribution in [2.75, 3.05) is 0 Å². The number of para-hydroxylation sites is 10. The molecule has 26 aromatic rings. The maximum Gasteiger partial charge on any atom is 0.238 e. The molecule has 13 nitrogen and oxygen atoms in total. The highest BCUT2D eigenvalue weighted by atomic mass is 15.2. The lowest BCUT2D eigenvalue weighted by Crippen LogP contribution is -2.32. The lowest BCUT2D eigenvalue weighted by Gasteiger charge is -2.16. The number of rotatable bonds is 14. The van der Waals surface area contributed by atoms with E-state index in [0.29, 0.717) is 41.6 Å². The second-order valence-electron chi connectivity index (χ2n) is 34.7. The lowest BCUT2D eigenvalue weighted by atomic mass is 9.92. The minimum atomic E-state index is -0.180. The fourth-order valence-electron chi connectivity index (χ4n) is 21.5. The van der Waals surface area contributed by atoms with E-state index in [9.17, 15) is 0 Å². The molecule has 0 aliphatic heterocycles. The zero-order valence-electron chi connectivity index (χ0n) is 71.6. The van der Waals surface area contributed by atoms with Crippen molar-refractivity contribution in [3.8, 4) is 74.5 Å². The van der Waals surface area contributed by atoms with Gasteiger partial charge in [-0.05, 0) is 169 Å². The van der Waals surface area contributed by atoms with E-state index in [0.717, 1.165) is 166 Å². The van der Waals surface area contributed by atoms with E-state index < -0.39 is 0 Å². The molecule has 0 saturated carbocycles. The van der Waals surface area contributed by atoms with Gasteiger partial charge in [-0.15, -0.1) is 0 Å². The molecule has 1 aliphatic carbocycles. The minimum absolute atomic E-state index is 0.0552. The van der Waals surface area contributed by atoms with Crippen molar-refractivity contribution in [3.63, 3.8) is 0 Å². The summed E-state index contributed by atoms with van der Waals surface area (Å²) in [5, 5.41) is 17.3. The summed E-state index contributed by atoms with van der Waals surface area (Å²) in [5.74, 6) is 3.51. The van der Waals surface area contributed by atoms with Crippen molar-refractivity contribution in [3.05, 3.63) is 427 Å². The molecule has 0 amide bonds. The lowest BCUT2D eigenvalue weighted by molar-refractivity contribution is 0.785. The van der Waals surface area contributed by atoms with Crippen LogP contribution < -0.4 is 10.6 Å². The summed E-state index contributed by atoms with van der Waals surface area (Å²) in [6.07, 6.45) is 6.42. The average Bonchev–Trinajstić information content (AvgIpc) is 1.54. The van der Waals surface area contributed by atoms with E-state index in [1.165, 1.54) is 54.2 Å². The predicted octanol–water partition coefficient (Wildman–Crippen LogP) is 27.0. The quantitative estimate of drug-likeness (QED) is 0.107. The number of hydrogen-bond acceptors (Lipinski definition) is 6. The van der Waals surface area contributed by atoms with Gasteiger partial charge < -0.3 is 22.8 Å². The third kappa shape index (κ3) is 11.4. The van der Waals surface area contributed by atoms with Gasteiger partial charge in [0, 0.05) is 132 Å². The van der Waals surface area contributed by atoms with Gasteiger partial charge in [-0.2, -0.15) is 19.9 Å². The van der Waals surface area contributed by atoms with Crippen molar-refractivity contribution in [1.29, 1.82) is 0 Å². The monoisotopic (exact) mass is 1680 g/mol. The van der Waals surface area contributed by atoms with Gasteiger partial charge in [-0.25, -0.2) is 9.97 Å². The predicted molar refractivity (Wildman–Crippen MR) is 538 cm³/mol. The van der Waals surface area contributed by atoms with Gasteiger partial charge in [0.15, 0.2) is 17.5 Å². The van der Waals surface area contributed by atoms with Crippen LogP contribution in [0.4, 0.5) is 0 Å². The van der Waals surface area contributed by atoms with E-state index in [1.807, 2.05) is 0 Å². The van der Waals surface area contributed by atoms with Crippen LogP contribution in [0.5, 0.6) is 0 Å². The van der Waals surface area contributed by atoms with E-state index in [-0.39, 0.29) is 11.8 Å². The van der Waals surface area contributed by atoms with Gasteiger partial charge in [-0.1, -0.05) is 281 Å². The molecule has 2 unspecified atom stereocenters. The Hall–Kier alpha value is -17.2. The number of hydrogen-bond donors (Lipinski definition) is 0. The van der Waals surface area contributed by atoms with E-state index in [1.54, 1.807) is 0 Å². The van der Waals surface area contributed by atoms with E-state index in [2.05, 4.69) is 452 Å². The van der Waals surface area contributed by atoms with Crippen molar-refractivity contribution in [2.24, 2.45) is 0 Å². The van der Waals surface area contributed by atoms with Crippen LogP contribution in [0.1, 0.15) is 54.6 Å². The molecule has 17 aromatic carbocycles.